The smallest absolute Gasteiger partial charge is 0.346 e. The van der Waals surface area contributed by atoms with Crippen LogP contribution in [0.25, 0.3) is 22.1 Å². The Labute approximate surface area is 244 Å². The normalized spacial score (nSPS) is 20.3. The maximum absolute atomic E-state index is 13.5. The highest BCUT2D eigenvalue weighted by Gasteiger charge is 2.49. The molecule has 1 N–H and O–H groups in total. The van der Waals surface area contributed by atoms with Crippen molar-refractivity contribution in [2.24, 2.45) is 0 Å². The summed E-state index contributed by atoms with van der Waals surface area (Å²) in [5, 5.41) is 2.10. The van der Waals surface area contributed by atoms with Gasteiger partial charge >= 0.3 is 5.63 Å². The van der Waals surface area contributed by atoms with Crippen LogP contribution in [0.3, 0.4) is 0 Å². The van der Waals surface area contributed by atoms with Crippen LogP contribution in [-0.4, -0.2) is 16.9 Å². The molecule has 0 spiro atoms. The van der Waals surface area contributed by atoms with Crippen molar-refractivity contribution in [3.8, 4) is 17.1 Å². The van der Waals surface area contributed by atoms with Crippen molar-refractivity contribution < 1.29 is 22.7 Å². The Bertz CT molecular complexity index is 1870. The zero-order valence-corrected chi connectivity index (χ0v) is 23.6. The van der Waals surface area contributed by atoms with Crippen molar-refractivity contribution in [2.75, 3.05) is 6.54 Å². The second kappa shape index (κ2) is 10.6. The van der Waals surface area contributed by atoms with Gasteiger partial charge in [-0.3, -0.25) is 0 Å². The van der Waals surface area contributed by atoms with Crippen molar-refractivity contribution in [3.63, 3.8) is 0 Å². The molecule has 1 aromatic heterocycles. The number of ether oxygens (including phenoxy) is 2. The molecule has 42 heavy (non-hydrogen) atoms. The van der Waals surface area contributed by atoms with Gasteiger partial charge in [0.2, 0.25) is 5.79 Å². The van der Waals surface area contributed by atoms with Crippen LogP contribution in [0, 0.1) is 0 Å². The average Bonchev–Trinajstić information content (AvgIpc) is 3.01. The second-order valence-corrected chi connectivity index (χ2v) is 12.5. The lowest BCUT2D eigenvalue weighted by Gasteiger charge is -2.46. The molecule has 0 aliphatic carbocycles. The monoisotopic (exact) mass is 579 g/mol. The standard InChI is InChI=1S/C34H29NO6S/c36-33-31-29(21-28(39-33)24-12-3-1-4-13-24)40-34(19-9-10-20-35-42(37,38)26-14-5-2-6-15-26)22-25-18-17-23-11-7-8-16-27(23)30(25)32(31)41-34/h1-8,11-18,21,32H,9-10,19-20,22H2,(H-,35,37,38). The summed E-state index contributed by atoms with van der Waals surface area (Å²) in [7, 11) is -3.58. The number of hydrogen-bond donors (Lipinski definition) is 1. The number of fused-ring (bicyclic) bond motifs is 8. The fourth-order valence-electron chi connectivity index (χ4n) is 6.03. The van der Waals surface area contributed by atoms with Crippen molar-refractivity contribution in [1.29, 1.82) is 0 Å². The third-order valence-electron chi connectivity index (χ3n) is 8.01. The van der Waals surface area contributed by atoms with E-state index in [1.165, 1.54) is 0 Å². The van der Waals surface area contributed by atoms with Gasteiger partial charge in [0.25, 0.3) is 0 Å². The Kier molecular flexibility index (Phi) is 6.79. The molecule has 4 aromatic carbocycles. The van der Waals surface area contributed by atoms with Gasteiger partial charge in [0.15, 0.2) is 15.3 Å². The summed E-state index contributed by atoms with van der Waals surface area (Å²) >= 11 is 0. The Hall–Kier alpha value is -4.08. The van der Waals surface area contributed by atoms with Crippen LogP contribution in [0.5, 0.6) is 5.75 Å². The molecule has 5 aromatic rings. The van der Waals surface area contributed by atoms with Gasteiger partial charge in [-0.15, -0.1) is 4.72 Å². The van der Waals surface area contributed by atoms with Gasteiger partial charge in [-0.2, -0.15) is 0 Å². The molecule has 2 aliphatic heterocycles. The fraction of sp³-hybridized carbons (Fsp3) is 0.206. The van der Waals surface area contributed by atoms with E-state index < -0.39 is 27.9 Å². The first kappa shape index (κ1) is 26.8. The van der Waals surface area contributed by atoms with Gasteiger partial charge < -0.3 is 18.4 Å². The minimum atomic E-state index is -3.58. The van der Waals surface area contributed by atoms with Crippen LogP contribution in [-0.2, 0) is 25.8 Å². The number of sulfonamides is 1. The number of benzene rings is 4. The highest BCUT2D eigenvalue weighted by Crippen LogP contribution is 2.51. The molecule has 0 saturated carbocycles. The molecule has 3 unspecified atom stereocenters. The van der Waals surface area contributed by atoms with E-state index in [1.807, 2.05) is 42.5 Å². The summed E-state index contributed by atoms with van der Waals surface area (Å²) < 4.78 is 47.1. The maximum atomic E-state index is 13.5. The molecule has 2 bridgehead atoms. The molecule has 8 heteroatoms. The third kappa shape index (κ3) is 4.86. The van der Waals surface area contributed by atoms with Crippen LogP contribution in [0.15, 0.2) is 117 Å². The Morgan fingerprint density at radius 3 is 2.43 bits per heavy atom. The zero-order valence-electron chi connectivity index (χ0n) is 22.8. The molecular formula is C34H29NO6S. The van der Waals surface area contributed by atoms with E-state index in [0.717, 1.165) is 27.5 Å². The maximum Gasteiger partial charge on any atom is 0.346 e. The predicted octanol–water partition coefficient (Wildman–Crippen LogP) is 6.57. The van der Waals surface area contributed by atoms with Gasteiger partial charge in [-0.05, 0) is 46.9 Å². The summed E-state index contributed by atoms with van der Waals surface area (Å²) in [5.74, 6) is -0.111. The first-order chi connectivity index (χ1) is 20.4. The molecule has 0 fully saturated rings. The van der Waals surface area contributed by atoms with Crippen LogP contribution >= 0.6 is 0 Å². The van der Waals surface area contributed by atoms with Gasteiger partial charge in [0, 0.05) is 31.0 Å². The van der Waals surface area contributed by atoms with Crippen LogP contribution < -0.4 is 15.1 Å². The van der Waals surface area contributed by atoms with Crippen molar-refractivity contribution in [1.82, 2.24) is 4.72 Å². The highest BCUT2D eigenvalue weighted by atomic mass is 32.3. The lowest BCUT2D eigenvalue weighted by molar-refractivity contribution is -0.232. The van der Waals surface area contributed by atoms with Crippen molar-refractivity contribution >= 4 is 21.2 Å². The predicted molar refractivity (Wildman–Crippen MR) is 160 cm³/mol. The minimum absolute atomic E-state index is 0.242. The number of rotatable bonds is 8. The molecular weight excluding hydrogens is 550 g/mol. The number of nitrogens with one attached hydrogen (secondary N) is 1. The van der Waals surface area contributed by atoms with E-state index in [1.54, 1.807) is 36.4 Å². The van der Waals surface area contributed by atoms with Gasteiger partial charge in [-0.25, -0.2) is 4.79 Å². The molecule has 7 rings (SSSR count). The number of hydrogen-bond acceptors (Lipinski definition) is 6. The quantitative estimate of drug-likeness (QED) is 0.165. The zero-order chi connectivity index (χ0) is 28.7. The van der Waals surface area contributed by atoms with E-state index in [9.17, 15) is 13.6 Å². The van der Waals surface area contributed by atoms with Gasteiger partial charge in [-0.1, -0.05) is 89.1 Å². The van der Waals surface area contributed by atoms with Crippen LogP contribution in [0.1, 0.15) is 42.1 Å². The molecule has 0 saturated heterocycles. The highest BCUT2D eigenvalue weighted by molar-refractivity contribution is 7.95. The lowest BCUT2D eigenvalue weighted by atomic mass is 9.83. The van der Waals surface area contributed by atoms with Gasteiger partial charge in [0.05, 0.1) is 0 Å². The number of unbranched alkanes of at least 4 members (excludes halogenated alkanes) is 1. The van der Waals surface area contributed by atoms with Crippen molar-refractivity contribution in [2.45, 2.75) is 42.5 Å². The largest absolute Gasteiger partial charge is 0.593 e. The summed E-state index contributed by atoms with van der Waals surface area (Å²) in [4.78, 5) is 13.8. The third-order valence-corrected chi connectivity index (χ3v) is 9.49. The summed E-state index contributed by atoms with van der Waals surface area (Å²) in [6.45, 7) is 0.288. The van der Waals surface area contributed by atoms with Crippen LogP contribution in [0.2, 0.25) is 0 Å². The lowest BCUT2D eigenvalue weighted by Crippen LogP contribution is -2.50. The first-order valence-corrected chi connectivity index (χ1v) is 15.6. The molecule has 0 radical (unpaired) electrons. The molecule has 3 heterocycles. The SMILES string of the molecule is O=c1oc(-c2ccccc2)cc2c1C1OC(CCCCN[S+](=O)([O-])c3ccccc3)(Cc3ccc4ccccc4c31)O2. The summed E-state index contributed by atoms with van der Waals surface area (Å²) in [6.07, 6.45) is 1.61. The van der Waals surface area contributed by atoms with E-state index in [2.05, 4.69) is 29.0 Å². The molecule has 0 amide bonds. The molecule has 212 valence electrons. The van der Waals surface area contributed by atoms with E-state index in [0.29, 0.717) is 42.8 Å². The average molecular weight is 580 g/mol. The molecule has 7 nitrogen and oxygen atoms in total. The van der Waals surface area contributed by atoms with E-state index in [-0.39, 0.29) is 11.4 Å². The second-order valence-electron chi connectivity index (χ2n) is 10.8. The van der Waals surface area contributed by atoms with E-state index in [4.69, 9.17) is 13.9 Å². The van der Waals surface area contributed by atoms with E-state index >= 15 is 0 Å². The Morgan fingerprint density at radius 1 is 0.881 bits per heavy atom. The minimum Gasteiger partial charge on any atom is -0.593 e. The topological polar surface area (TPSA) is 101 Å². The summed E-state index contributed by atoms with van der Waals surface area (Å²) in [5.41, 5.74) is 2.68. The fourth-order valence-corrected chi connectivity index (χ4v) is 7.12. The Morgan fingerprint density at radius 2 is 1.62 bits per heavy atom. The first-order valence-electron chi connectivity index (χ1n) is 14.1. The van der Waals surface area contributed by atoms with Crippen LogP contribution in [0.4, 0.5) is 0 Å². The van der Waals surface area contributed by atoms with Gasteiger partial charge in [0.1, 0.15) is 23.2 Å². The Balaban J connectivity index is 1.20. The molecule has 2 aliphatic rings. The summed E-state index contributed by atoms with van der Waals surface area (Å²) in [6, 6.07) is 31.9. The molecule has 3 atom stereocenters. The van der Waals surface area contributed by atoms with Crippen molar-refractivity contribution in [3.05, 3.63) is 130 Å².